The zero-order chi connectivity index (χ0) is 19.7. The molecule has 1 atom stereocenters. The minimum atomic E-state index is -2.47. The molecule has 1 unspecified atom stereocenters. The summed E-state index contributed by atoms with van der Waals surface area (Å²) in [5.74, 6) is 0. The molecule has 0 amide bonds. The van der Waals surface area contributed by atoms with E-state index in [0.29, 0.717) is 6.61 Å². The van der Waals surface area contributed by atoms with Crippen LogP contribution in [-0.4, -0.2) is 28.1 Å². The van der Waals surface area contributed by atoms with Crippen LogP contribution in [0.3, 0.4) is 0 Å². The fraction of sp³-hybridized carbons (Fsp3) is 0.360. The van der Waals surface area contributed by atoms with Crippen molar-refractivity contribution in [3.63, 3.8) is 0 Å². The summed E-state index contributed by atoms with van der Waals surface area (Å²) < 4.78 is 12.5. The normalized spacial score (nSPS) is 18.9. The molecule has 0 aliphatic carbocycles. The molecule has 0 saturated heterocycles. The molecule has 0 bridgehead atoms. The third kappa shape index (κ3) is 5.10. The number of ether oxygens (including phenoxy) is 1. The van der Waals surface area contributed by atoms with Gasteiger partial charge in [0.05, 0.1) is 12.7 Å². The summed E-state index contributed by atoms with van der Waals surface area (Å²) in [4.78, 5) is 0. The Morgan fingerprint density at radius 1 is 1.00 bits per heavy atom. The van der Waals surface area contributed by atoms with Crippen LogP contribution >= 0.6 is 0 Å². The van der Waals surface area contributed by atoms with E-state index in [1.807, 2.05) is 0 Å². The number of allylic oxidation sites excluding steroid dienone is 1. The number of hydrogen-bond donors (Lipinski definition) is 0. The Labute approximate surface area is 171 Å². The van der Waals surface area contributed by atoms with Gasteiger partial charge >= 0.3 is 0 Å². The van der Waals surface area contributed by atoms with Gasteiger partial charge in [0.25, 0.3) is 8.32 Å². The van der Waals surface area contributed by atoms with Crippen molar-refractivity contribution in [2.75, 3.05) is 13.7 Å². The molecule has 0 spiro atoms. The van der Waals surface area contributed by atoms with Gasteiger partial charge in [-0.05, 0) is 35.2 Å². The van der Waals surface area contributed by atoms with Gasteiger partial charge in [0.15, 0.2) is 0 Å². The molecule has 0 radical (unpaired) electrons. The van der Waals surface area contributed by atoms with Crippen LogP contribution in [-0.2, 0) is 9.16 Å². The SMILES string of the molecule is CCCCC/C=C/C1CC(COC)=C[Si](c2ccccc2)(c2ccccc2)O1. The Morgan fingerprint density at radius 2 is 1.64 bits per heavy atom. The predicted molar refractivity (Wildman–Crippen MR) is 121 cm³/mol. The maximum absolute atomic E-state index is 6.95. The molecule has 28 heavy (non-hydrogen) atoms. The van der Waals surface area contributed by atoms with Gasteiger partial charge in [-0.15, -0.1) is 0 Å². The highest BCUT2D eigenvalue weighted by Gasteiger charge is 2.42. The van der Waals surface area contributed by atoms with E-state index in [4.69, 9.17) is 9.16 Å². The molecule has 1 aliphatic rings. The molecule has 1 aliphatic heterocycles. The first-order chi connectivity index (χ1) is 13.8. The highest BCUT2D eigenvalue weighted by atomic mass is 28.4. The fourth-order valence-electron chi connectivity index (χ4n) is 3.91. The molecular formula is C25H32O2Si. The lowest BCUT2D eigenvalue weighted by molar-refractivity contribution is 0.198. The summed E-state index contributed by atoms with van der Waals surface area (Å²) >= 11 is 0. The number of methoxy groups -OCH3 is 1. The van der Waals surface area contributed by atoms with E-state index in [1.165, 1.54) is 35.2 Å². The van der Waals surface area contributed by atoms with Crippen molar-refractivity contribution in [1.82, 2.24) is 0 Å². The summed E-state index contributed by atoms with van der Waals surface area (Å²) in [7, 11) is -0.689. The minimum absolute atomic E-state index is 0.101. The average molecular weight is 393 g/mol. The van der Waals surface area contributed by atoms with Crippen LogP contribution in [0.4, 0.5) is 0 Å². The van der Waals surface area contributed by atoms with E-state index in [9.17, 15) is 0 Å². The van der Waals surface area contributed by atoms with Gasteiger partial charge in [0.2, 0.25) is 0 Å². The van der Waals surface area contributed by atoms with Crippen molar-refractivity contribution >= 4 is 18.7 Å². The molecule has 0 saturated carbocycles. The predicted octanol–water partition coefficient (Wildman–Crippen LogP) is 4.78. The molecule has 2 aromatic rings. The molecule has 0 fully saturated rings. The summed E-state index contributed by atoms with van der Waals surface area (Å²) in [5, 5.41) is 2.58. The Bertz CT molecular complexity index is 728. The number of hydrogen-bond acceptors (Lipinski definition) is 2. The quantitative estimate of drug-likeness (QED) is 0.347. The van der Waals surface area contributed by atoms with E-state index in [-0.39, 0.29) is 6.10 Å². The average Bonchev–Trinajstić information content (AvgIpc) is 2.75. The molecule has 3 heteroatoms. The van der Waals surface area contributed by atoms with Crippen molar-refractivity contribution in [2.45, 2.75) is 45.1 Å². The first-order valence-electron chi connectivity index (χ1n) is 10.4. The Balaban J connectivity index is 1.97. The van der Waals surface area contributed by atoms with Gasteiger partial charge in [-0.1, -0.05) is 98.3 Å². The second-order valence-electron chi connectivity index (χ2n) is 7.49. The maximum atomic E-state index is 6.95. The highest BCUT2D eigenvalue weighted by Crippen LogP contribution is 2.26. The second kappa shape index (κ2) is 10.6. The largest absolute Gasteiger partial charge is 0.398 e. The fourth-order valence-corrected chi connectivity index (χ4v) is 7.71. The van der Waals surface area contributed by atoms with E-state index >= 15 is 0 Å². The minimum Gasteiger partial charge on any atom is -0.398 e. The third-order valence-corrected chi connectivity index (χ3v) is 9.14. The van der Waals surface area contributed by atoms with Crippen molar-refractivity contribution in [3.05, 3.63) is 84.1 Å². The lowest BCUT2D eigenvalue weighted by atomic mass is 10.1. The molecule has 148 valence electrons. The molecule has 0 N–H and O–H groups in total. The van der Waals surface area contributed by atoms with Crippen LogP contribution in [0.25, 0.3) is 0 Å². The van der Waals surface area contributed by atoms with Gasteiger partial charge in [-0.2, -0.15) is 0 Å². The standard InChI is InChI=1S/C25H32O2Si/c1-3-4-5-6-9-14-23-19-22(20-26-2)21-28(27-23,24-15-10-7-11-16-24)25-17-12-8-13-18-25/h7-18,21,23H,3-6,19-20H2,1-2H3/b14-9+. The van der Waals surface area contributed by atoms with Crippen LogP contribution in [0, 0.1) is 0 Å². The van der Waals surface area contributed by atoms with E-state index in [1.54, 1.807) is 7.11 Å². The van der Waals surface area contributed by atoms with Crippen LogP contribution < -0.4 is 10.4 Å². The zero-order valence-corrected chi connectivity index (χ0v) is 18.1. The summed E-state index contributed by atoms with van der Waals surface area (Å²) in [6.07, 6.45) is 10.5. The molecule has 3 rings (SSSR count). The first-order valence-corrected chi connectivity index (χ1v) is 12.4. The second-order valence-corrected chi connectivity index (χ2v) is 10.6. The topological polar surface area (TPSA) is 18.5 Å². The number of unbranched alkanes of at least 4 members (excludes halogenated alkanes) is 3. The van der Waals surface area contributed by atoms with Crippen LogP contribution in [0.2, 0.25) is 0 Å². The third-order valence-electron chi connectivity index (χ3n) is 5.27. The summed E-state index contributed by atoms with van der Waals surface area (Å²) in [6, 6.07) is 21.5. The van der Waals surface area contributed by atoms with Crippen molar-refractivity contribution in [3.8, 4) is 0 Å². The van der Waals surface area contributed by atoms with E-state index in [2.05, 4.69) is 85.4 Å². The van der Waals surface area contributed by atoms with Crippen LogP contribution in [0.5, 0.6) is 0 Å². The van der Waals surface area contributed by atoms with E-state index < -0.39 is 8.32 Å². The smallest absolute Gasteiger partial charge is 0.281 e. The maximum Gasteiger partial charge on any atom is 0.281 e. The molecule has 2 aromatic carbocycles. The summed E-state index contributed by atoms with van der Waals surface area (Å²) in [6.45, 7) is 2.91. The Kier molecular flexibility index (Phi) is 7.84. The van der Waals surface area contributed by atoms with Gasteiger partial charge in [0.1, 0.15) is 0 Å². The Hall–Kier alpha value is -1.94. The van der Waals surface area contributed by atoms with Crippen molar-refractivity contribution in [2.24, 2.45) is 0 Å². The Morgan fingerprint density at radius 3 is 2.21 bits per heavy atom. The van der Waals surface area contributed by atoms with Gasteiger partial charge in [-0.3, -0.25) is 0 Å². The molecule has 2 nitrogen and oxygen atoms in total. The number of benzene rings is 2. The van der Waals surface area contributed by atoms with Gasteiger partial charge in [0, 0.05) is 7.11 Å². The summed E-state index contributed by atoms with van der Waals surface area (Å²) in [5.41, 5.74) is 3.75. The first kappa shape index (κ1) is 20.8. The molecule has 1 heterocycles. The van der Waals surface area contributed by atoms with Gasteiger partial charge < -0.3 is 9.16 Å². The molecule has 0 aromatic heterocycles. The van der Waals surface area contributed by atoms with Crippen LogP contribution in [0.15, 0.2) is 84.1 Å². The number of rotatable bonds is 9. The van der Waals surface area contributed by atoms with E-state index in [0.717, 1.165) is 12.8 Å². The highest BCUT2D eigenvalue weighted by molar-refractivity contribution is 7.01. The van der Waals surface area contributed by atoms with Crippen LogP contribution in [0.1, 0.15) is 39.0 Å². The van der Waals surface area contributed by atoms with Crippen molar-refractivity contribution < 1.29 is 9.16 Å². The lowest BCUT2D eigenvalue weighted by Crippen LogP contribution is -2.62. The zero-order valence-electron chi connectivity index (χ0n) is 17.1. The monoisotopic (exact) mass is 392 g/mol. The lowest BCUT2D eigenvalue weighted by Gasteiger charge is -2.38. The molecular weight excluding hydrogens is 360 g/mol. The van der Waals surface area contributed by atoms with Gasteiger partial charge in [-0.25, -0.2) is 0 Å². The van der Waals surface area contributed by atoms with Crippen molar-refractivity contribution in [1.29, 1.82) is 0 Å².